The Bertz CT molecular complexity index is 628. The predicted octanol–water partition coefficient (Wildman–Crippen LogP) is 2.72. The van der Waals surface area contributed by atoms with E-state index in [0.717, 1.165) is 24.3 Å². The second-order valence-electron chi connectivity index (χ2n) is 5.51. The monoisotopic (exact) mass is 267 g/mol. The van der Waals surface area contributed by atoms with Gasteiger partial charge in [0, 0.05) is 6.42 Å². The van der Waals surface area contributed by atoms with E-state index in [2.05, 4.69) is 24.3 Å². The number of fused-ring (bicyclic) bond motifs is 2. The number of para-hydroxylation sites is 1. The van der Waals surface area contributed by atoms with E-state index in [9.17, 15) is 0 Å². The minimum atomic E-state index is -0.103. The van der Waals surface area contributed by atoms with Crippen molar-refractivity contribution in [1.29, 1.82) is 0 Å². The third kappa shape index (κ3) is 1.90. The van der Waals surface area contributed by atoms with E-state index in [4.69, 9.17) is 15.2 Å². The number of hydrogen-bond acceptors (Lipinski definition) is 3. The highest BCUT2D eigenvalue weighted by Gasteiger charge is 2.29. The van der Waals surface area contributed by atoms with Gasteiger partial charge in [-0.25, -0.2) is 0 Å². The summed E-state index contributed by atoms with van der Waals surface area (Å²) in [4.78, 5) is 0. The zero-order chi connectivity index (χ0) is 13.5. The molecule has 3 heteroatoms. The molecule has 0 aromatic heterocycles. The van der Waals surface area contributed by atoms with Crippen molar-refractivity contribution in [1.82, 2.24) is 0 Å². The second kappa shape index (κ2) is 4.62. The first-order valence-electron chi connectivity index (χ1n) is 7.01. The summed E-state index contributed by atoms with van der Waals surface area (Å²) in [7, 11) is 0. The van der Waals surface area contributed by atoms with Crippen molar-refractivity contribution in [2.24, 2.45) is 5.73 Å². The maximum Gasteiger partial charge on any atom is 0.123 e. The smallest absolute Gasteiger partial charge is 0.123 e. The number of hydrogen-bond donors (Lipinski definition) is 1. The first-order valence-corrected chi connectivity index (χ1v) is 7.01. The lowest BCUT2D eigenvalue weighted by molar-refractivity contribution is 0.134. The summed E-state index contributed by atoms with van der Waals surface area (Å²) >= 11 is 0. The molecule has 0 amide bonds. The van der Waals surface area contributed by atoms with Crippen LogP contribution in [0.25, 0.3) is 0 Å². The molecule has 20 heavy (non-hydrogen) atoms. The molecule has 2 aliphatic rings. The van der Waals surface area contributed by atoms with Crippen molar-refractivity contribution in [3.05, 3.63) is 64.7 Å². The zero-order valence-electron chi connectivity index (χ0n) is 11.2. The molecule has 2 heterocycles. The largest absolute Gasteiger partial charge is 0.488 e. The highest BCUT2D eigenvalue weighted by Crippen LogP contribution is 2.34. The number of benzene rings is 2. The van der Waals surface area contributed by atoms with Crippen molar-refractivity contribution in [2.75, 3.05) is 0 Å². The van der Waals surface area contributed by atoms with E-state index in [-0.39, 0.29) is 12.1 Å². The lowest BCUT2D eigenvalue weighted by Gasteiger charge is -2.20. The molecule has 4 rings (SSSR count). The average Bonchev–Trinajstić information content (AvgIpc) is 3.11. The second-order valence-corrected chi connectivity index (χ2v) is 5.51. The number of rotatable bonds is 2. The van der Waals surface area contributed by atoms with Crippen LogP contribution in [0, 0.1) is 0 Å². The third-order valence-corrected chi connectivity index (χ3v) is 4.20. The Morgan fingerprint density at radius 1 is 1.00 bits per heavy atom. The number of nitrogens with two attached hydrogens (primary N) is 1. The minimum Gasteiger partial charge on any atom is -0.488 e. The molecule has 0 spiro atoms. The van der Waals surface area contributed by atoms with Gasteiger partial charge in [-0.1, -0.05) is 36.4 Å². The van der Waals surface area contributed by atoms with Gasteiger partial charge in [0.25, 0.3) is 0 Å². The molecular formula is C17H17NO2. The molecule has 0 aliphatic carbocycles. The molecule has 2 aromatic rings. The molecule has 0 saturated carbocycles. The summed E-state index contributed by atoms with van der Waals surface area (Å²) < 4.78 is 11.4. The van der Waals surface area contributed by atoms with Crippen LogP contribution in [-0.2, 0) is 24.4 Å². The summed E-state index contributed by atoms with van der Waals surface area (Å²) in [6.07, 6.45) is 0.901. The molecule has 2 aliphatic heterocycles. The van der Waals surface area contributed by atoms with Gasteiger partial charge in [-0.3, -0.25) is 0 Å². The third-order valence-electron chi connectivity index (χ3n) is 4.20. The Labute approximate surface area is 118 Å². The van der Waals surface area contributed by atoms with E-state index in [1.54, 1.807) is 0 Å². The van der Waals surface area contributed by atoms with Gasteiger partial charge in [0.05, 0.1) is 19.3 Å². The summed E-state index contributed by atoms with van der Waals surface area (Å²) in [5.74, 6) is 0.970. The van der Waals surface area contributed by atoms with Gasteiger partial charge < -0.3 is 15.2 Å². The summed E-state index contributed by atoms with van der Waals surface area (Å²) in [5.41, 5.74) is 11.3. The predicted molar refractivity (Wildman–Crippen MR) is 76.4 cm³/mol. The Balaban J connectivity index is 1.58. The van der Waals surface area contributed by atoms with Gasteiger partial charge in [-0.05, 0) is 28.3 Å². The van der Waals surface area contributed by atoms with Crippen LogP contribution >= 0.6 is 0 Å². The van der Waals surface area contributed by atoms with Gasteiger partial charge in [0.1, 0.15) is 11.9 Å². The molecule has 2 aromatic carbocycles. The van der Waals surface area contributed by atoms with Gasteiger partial charge in [-0.2, -0.15) is 0 Å². The molecular weight excluding hydrogens is 250 g/mol. The highest BCUT2D eigenvalue weighted by atomic mass is 16.5. The van der Waals surface area contributed by atoms with Crippen molar-refractivity contribution < 1.29 is 9.47 Å². The lowest BCUT2D eigenvalue weighted by Crippen LogP contribution is -2.30. The van der Waals surface area contributed by atoms with Crippen LogP contribution in [0.1, 0.15) is 28.3 Å². The fourth-order valence-electron chi connectivity index (χ4n) is 3.02. The average molecular weight is 267 g/mol. The van der Waals surface area contributed by atoms with E-state index < -0.39 is 0 Å². The molecule has 2 atom stereocenters. The van der Waals surface area contributed by atoms with Crippen molar-refractivity contribution in [3.8, 4) is 5.75 Å². The zero-order valence-corrected chi connectivity index (χ0v) is 11.2. The van der Waals surface area contributed by atoms with Crippen molar-refractivity contribution >= 4 is 0 Å². The fourth-order valence-corrected chi connectivity index (χ4v) is 3.02. The Hall–Kier alpha value is -1.84. The van der Waals surface area contributed by atoms with E-state index in [1.165, 1.54) is 16.7 Å². The molecule has 0 fully saturated rings. The Morgan fingerprint density at radius 2 is 1.85 bits per heavy atom. The quantitative estimate of drug-likeness (QED) is 0.910. The first-order chi connectivity index (χ1) is 9.81. The normalized spacial score (nSPS) is 21.1. The van der Waals surface area contributed by atoms with Crippen LogP contribution in [0.3, 0.4) is 0 Å². The SMILES string of the molecule is NC(c1ccc2c(c1)COC2)C1Cc2ccccc2O1. The van der Waals surface area contributed by atoms with E-state index >= 15 is 0 Å². The van der Waals surface area contributed by atoms with Crippen LogP contribution in [0.5, 0.6) is 5.75 Å². The summed E-state index contributed by atoms with van der Waals surface area (Å²) in [6, 6.07) is 14.5. The first kappa shape index (κ1) is 11.9. The molecule has 2 N–H and O–H groups in total. The topological polar surface area (TPSA) is 44.5 Å². The van der Waals surface area contributed by atoms with Gasteiger partial charge in [0.15, 0.2) is 0 Å². The Morgan fingerprint density at radius 3 is 2.75 bits per heavy atom. The molecule has 0 saturated heterocycles. The minimum absolute atomic E-state index is 0.0211. The lowest BCUT2D eigenvalue weighted by atomic mass is 9.96. The van der Waals surface area contributed by atoms with Crippen LogP contribution < -0.4 is 10.5 Å². The van der Waals surface area contributed by atoms with Crippen LogP contribution in [0.2, 0.25) is 0 Å². The standard InChI is InChI=1S/C17H17NO2/c18-17(12-5-6-13-9-19-10-14(13)7-12)16-8-11-3-1-2-4-15(11)20-16/h1-7,16-17H,8-10,18H2. The van der Waals surface area contributed by atoms with Crippen molar-refractivity contribution in [3.63, 3.8) is 0 Å². The van der Waals surface area contributed by atoms with Crippen LogP contribution in [0.4, 0.5) is 0 Å². The van der Waals surface area contributed by atoms with Crippen LogP contribution in [0.15, 0.2) is 42.5 Å². The molecule has 0 radical (unpaired) electrons. The molecule has 0 bridgehead atoms. The maximum absolute atomic E-state index is 6.41. The van der Waals surface area contributed by atoms with Gasteiger partial charge >= 0.3 is 0 Å². The molecule has 2 unspecified atom stereocenters. The number of ether oxygens (including phenoxy) is 2. The van der Waals surface area contributed by atoms with E-state index in [1.807, 2.05) is 18.2 Å². The summed E-state index contributed by atoms with van der Waals surface area (Å²) in [5, 5.41) is 0. The molecule has 3 nitrogen and oxygen atoms in total. The van der Waals surface area contributed by atoms with Gasteiger partial charge in [-0.15, -0.1) is 0 Å². The Kier molecular flexibility index (Phi) is 2.76. The highest BCUT2D eigenvalue weighted by molar-refractivity contribution is 5.40. The van der Waals surface area contributed by atoms with Crippen molar-refractivity contribution in [2.45, 2.75) is 31.8 Å². The maximum atomic E-state index is 6.41. The van der Waals surface area contributed by atoms with Crippen LogP contribution in [-0.4, -0.2) is 6.10 Å². The summed E-state index contributed by atoms with van der Waals surface area (Å²) in [6.45, 7) is 1.41. The fraction of sp³-hybridized carbons (Fsp3) is 0.294. The van der Waals surface area contributed by atoms with E-state index in [0.29, 0.717) is 6.61 Å². The molecule has 102 valence electrons. The van der Waals surface area contributed by atoms with Gasteiger partial charge in [0.2, 0.25) is 0 Å².